The molecule has 0 spiro atoms. The average Bonchev–Trinajstić information content (AvgIpc) is 2.59. The molecular formula is C19H22ClN3O2. The van der Waals surface area contributed by atoms with E-state index in [2.05, 4.69) is 23.2 Å². The van der Waals surface area contributed by atoms with Gasteiger partial charge in [-0.2, -0.15) is 0 Å². The number of hydrogen-bond acceptors (Lipinski definition) is 3. The molecular weight excluding hydrogens is 338 g/mol. The number of nitrogens with two attached hydrogens (primary N) is 1. The molecule has 0 aromatic heterocycles. The van der Waals surface area contributed by atoms with Crippen LogP contribution >= 0.6 is 11.6 Å². The fourth-order valence-corrected chi connectivity index (χ4v) is 2.78. The predicted octanol–water partition coefficient (Wildman–Crippen LogP) is 3.41. The Balaban J connectivity index is 2.19. The summed E-state index contributed by atoms with van der Waals surface area (Å²) in [6.07, 6.45) is 0. The van der Waals surface area contributed by atoms with Crippen molar-refractivity contribution in [3.8, 4) is 0 Å². The van der Waals surface area contributed by atoms with Gasteiger partial charge in [0.05, 0.1) is 0 Å². The van der Waals surface area contributed by atoms with Crippen LogP contribution in [0.2, 0.25) is 0 Å². The third-order valence-electron chi connectivity index (χ3n) is 3.85. The summed E-state index contributed by atoms with van der Waals surface area (Å²) >= 11 is 5.86. The predicted molar refractivity (Wildman–Crippen MR) is 103 cm³/mol. The highest BCUT2D eigenvalue weighted by atomic mass is 35.5. The smallest absolute Gasteiger partial charge is 0.255 e. The Kier molecular flexibility index (Phi) is 6.42. The third-order valence-corrected chi connectivity index (χ3v) is 4.02. The Bertz CT molecular complexity index is 760. The van der Waals surface area contributed by atoms with Gasteiger partial charge in [-0.05, 0) is 61.9 Å². The van der Waals surface area contributed by atoms with Crippen molar-refractivity contribution < 1.29 is 9.59 Å². The van der Waals surface area contributed by atoms with Gasteiger partial charge in [-0.3, -0.25) is 9.59 Å². The first-order valence-electron chi connectivity index (χ1n) is 8.08. The number of aryl methyl sites for hydroxylation is 1. The van der Waals surface area contributed by atoms with Gasteiger partial charge in [-0.1, -0.05) is 0 Å². The molecule has 2 rings (SSSR count). The zero-order chi connectivity index (χ0) is 18.4. The first kappa shape index (κ1) is 18.8. The standard InChI is InChI=1S/C19H22ClN3O2/c1-3-23(9-8-20)17-11-13(2)10-16(12-17)22-19(25)15-6-4-14(5-7-15)18(21)24/h4-7,10-12H,3,8-9H2,1-2H3,(H2,21,24)(H,22,25). The van der Waals surface area contributed by atoms with E-state index in [1.807, 2.05) is 19.1 Å². The third kappa shape index (κ3) is 4.97. The molecule has 0 atom stereocenters. The van der Waals surface area contributed by atoms with Gasteiger partial charge >= 0.3 is 0 Å². The second kappa shape index (κ2) is 8.53. The van der Waals surface area contributed by atoms with E-state index in [0.29, 0.717) is 22.7 Å². The van der Waals surface area contributed by atoms with Crippen molar-refractivity contribution in [3.05, 3.63) is 59.2 Å². The van der Waals surface area contributed by atoms with Crippen LogP contribution in [-0.2, 0) is 0 Å². The Hall–Kier alpha value is -2.53. The van der Waals surface area contributed by atoms with Crippen LogP contribution < -0.4 is 16.0 Å². The van der Waals surface area contributed by atoms with Crippen LogP contribution in [0.1, 0.15) is 33.2 Å². The monoisotopic (exact) mass is 359 g/mol. The molecule has 0 aliphatic heterocycles. The molecule has 0 saturated heterocycles. The molecule has 6 heteroatoms. The van der Waals surface area contributed by atoms with Gasteiger partial charge in [-0.15, -0.1) is 11.6 Å². The summed E-state index contributed by atoms with van der Waals surface area (Å²) in [5.41, 5.74) is 8.82. The Morgan fingerprint density at radius 3 is 2.32 bits per heavy atom. The van der Waals surface area contributed by atoms with Gasteiger partial charge < -0.3 is 16.0 Å². The number of nitrogens with one attached hydrogen (secondary N) is 1. The molecule has 25 heavy (non-hydrogen) atoms. The van der Waals surface area contributed by atoms with E-state index in [0.717, 1.165) is 24.3 Å². The van der Waals surface area contributed by atoms with Crippen molar-refractivity contribution in [2.75, 3.05) is 29.2 Å². The minimum absolute atomic E-state index is 0.243. The number of halogens is 1. The van der Waals surface area contributed by atoms with Crippen molar-refractivity contribution in [2.24, 2.45) is 5.73 Å². The largest absolute Gasteiger partial charge is 0.371 e. The number of nitrogens with zero attached hydrogens (tertiary/aromatic N) is 1. The van der Waals surface area contributed by atoms with E-state index < -0.39 is 5.91 Å². The molecule has 3 N–H and O–H groups in total. The van der Waals surface area contributed by atoms with Crippen molar-refractivity contribution in [1.82, 2.24) is 0 Å². The van der Waals surface area contributed by atoms with Crippen LogP contribution in [0, 0.1) is 6.92 Å². The number of benzene rings is 2. The fraction of sp³-hybridized carbons (Fsp3) is 0.263. The number of rotatable bonds is 7. The zero-order valence-electron chi connectivity index (χ0n) is 14.4. The van der Waals surface area contributed by atoms with Crippen molar-refractivity contribution >= 4 is 34.8 Å². The number of carbonyl (C=O) groups is 2. The summed E-state index contributed by atoms with van der Waals surface area (Å²) in [5, 5.41) is 2.89. The van der Waals surface area contributed by atoms with E-state index in [1.54, 1.807) is 12.1 Å². The maximum atomic E-state index is 12.4. The minimum Gasteiger partial charge on any atom is -0.371 e. The molecule has 2 aromatic rings. The molecule has 0 unspecified atom stereocenters. The lowest BCUT2D eigenvalue weighted by Crippen LogP contribution is -2.25. The van der Waals surface area contributed by atoms with E-state index >= 15 is 0 Å². The first-order chi connectivity index (χ1) is 11.9. The molecule has 132 valence electrons. The van der Waals surface area contributed by atoms with Crippen LogP contribution in [0.4, 0.5) is 11.4 Å². The normalized spacial score (nSPS) is 10.4. The highest BCUT2D eigenvalue weighted by Gasteiger charge is 2.10. The summed E-state index contributed by atoms with van der Waals surface area (Å²) in [6.45, 7) is 5.62. The maximum absolute atomic E-state index is 12.4. The number of alkyl halides is 1. The molecule has 0 heterocycles. The van der Waals surface area contributed by atoms with E-state index in [9.17, 15) is 9.59 Å². The van der Waals surface area contributed by atoms with Crippen LogP contribution in [0.3, 0.4) is 0 Å². The summed E-state index contributed by atoms with van der Waals surface area (Å²) in [7, 11) is 0. The first-order valence-corrected chi connectivity index (χ1v) is 8.62. The van der Waals surface area contributed by atoms with Gasteiger partial charge in [0.1, 0.15) is 0 Å². The van der Waals surface area contributed by atoms with Crippen LogP contribution in [-0.4, -0.2) is 30.8 Å². The van der Waals surface area contributed by atoms with E-state index in [4.69, 9.17) is 17.3 Å². The Labute approximate surface area is 152 Å². The van der Waals surface area contributed by atoms with Crippen molar-refractivity contribution in [1.29, 1.82) is 0 Å². The second-order valence-corrected chi connectivity index (χ2v) is 6.10. The van der Waals surface area contributed by atoms with Crippen LogP contribution in [0.15, 0.2) is 42.5 Å². The Morgan fingerprint density at radius 2 is 1.76 bits per heavy atom. The minimum atomic E-state index is -0.519. The van der Waals surface area contributed by atoms with Gasteiger partial charge in [0.25, 0.3) is 5.91 Å². The van der Waals surface area contributed by atoms with Crippen molar-refractivity contribution in [3.63, 3.8) is 0 Å². The zero-order valence-corrected chi connectivity index (χ0v) is 15.1. The van der Waals surface area contributed by atoms with Gasteiger partial charge in [-0.25, -0.2) is 0 Å². The molecule has 0 bridgehead atoms. The summed E-state index contributed by atoms with van der Waals surface area (Å²) in [6, 6.07) is 12.1. The fourth-order valence-electron chi connectivity index (χ4n) is 2.58. The molecule has 2 aromatic carbocycles. The average molecular weight is 360 g/mol. The molecule has 2 amide bonds. The number of anilines is 2. The lowest BCUT2D eigenvalue weighted by atomic mass is 10.1. The SMILES string of the molecule is CCN(CCCl)c1cc(C)cc(NC(=O)c2ccc(C(N)=O)cc2)c1. The number of primary amides is 1. The highest BCUT2D eigenvalue weighted by molar-refractivity contribution is 6.18. The van der Waals surface area contributed by atoms with E-state index in [1.165, 1.54) is 12.1 Å². The van der Waals surface area contributed by atoms with Gasteiger partial charge in [0.15, 0.2) is 0 Å². The number of amides is 2. The molecule has 0 aliphatic rings. The van der Waals surface area contributed by atoms with Crippen molar-refractivity contribution in [2.45, 2.75) is 13.8 Å². The van der Waals surface area contributed by atoms with E-state index in [-0.39, 0.29) is 5.91 Å². The molecule has 0 radical (unpaired) electrons. The highest BCUT2D eigenvalue weighted by Crippen LogP contribution is 2.23. The molecule has 5 nitrogen and oxygen atoms in total. The van der Waals surface area contributed by atoms with Crippen LogP contribution in [0.5, 0.6) is 0 Å². The molecule has 0 fully saturated rings. The summed E-state index contributed by atoms with van der Waals surface area (Å²) < 4.78 is 0. The molecule has 0 saturated carbocycles. The quantitative estimate of drug-likeness (QED) is 0.744. The summed E-state index contributed by atoms with van der Waals surface area (Å²) in [4.78, 5) is 25.7. The lowest BCUT2D eigenvalue weighted by Gasteiger charge is -2.23. The topological polar surface area (TPSA) is 75.4 Å². The second-order valence-electron chi connectivity index (χ2n) is 5.72. The maximum Gasteiger partial charge on any atom is 0.255 e. The molecule has 0 aliphatic carbocycles. The van der Waals surface area contributed by atoms with Crippen LogP contribution in [0.25, 0.3) is 0 Å². The van der Waals surface area contributed by atoms with Gasteiger partial charge in [0, 0.05) is 41.5 Å². The van der Waals surface area contributed by atoms with Gasteiger partial charge in [0.2, 0.25) is 5.91 Å². The Morgan fingerprint density at radius 1 is 1.12 bits per heavy atom. The number of hydrogen-bond donors (Lipinski definition) is 2. The lowest BCUT2D eigenvalue weighted by molar-refractivity contribution is 0.0995. The summed E-state index contributed by atoms with van der Waals surface area (Å²) in [5.74, 6) is -0.224. The number of carbonyl (C=O) groups excluding carboxylic acids is 2.